The van der Waals surface area contributed by atoms with Crippen LogP contribution in [0, 0.1) is 18.8 Å². The summed E-state index contributed by atoms with van der Waals surface area (Å²) in [6.07, 6.45) is 4.55. The molecule has 1 atom stereocenters. The van der Waals surface area contributed by atoms with Gasteiger partial charge in [-0.05, 0) is 151 Å². The van der Waals surface area contributed by atoms with E-state index in [9.17, 15) is 19.2 Å². The topological polar surface area (TPSA) is 205 Å². The van der Waals surface area contributed by atoms with Crippen LogP contribution >= 0.6 is 0 Å². The zero-order chi connectivity index (χ0) is 41.1. The number of hydrazine groups is 1. The Morgan fingerprint density at radius 2 is 1.54 bits per heavy atom. The number of anilines is 1. The number of nitrogens with zero attached hydrogens (tertiary/aromatic N) is 2. The molecule has 3 aromatic carbocycles. The summed E-state index contributed by atoms with van der Waals surface area (Å²) in [6.45, 7) is 9.91. The standard InChI is InChI=1S/C43H59N9O5/c1-27-24-33(40(54)47-35-20-22-52(5)23-21-35)16-19-36(27)30-10-6-28(7-11-30)25-37(41(55)48-34-17-14-31(15-18-34)38(44)50-51-45)49-39(53)32-12-8-29(9-13-32)26-46-42(56)57-43(2,3)4/h6-7,10-11,14-19,24,29,32,35,37,51H,8-9,12-13,20-23,25-26,45H2,1-5H3,(H2,44,50)(H,46,56)(H,47,54)(H,48,55)(H,49,53)/t29?,32?,37-/m0/s1. The molecule has 14 heteroatoms. The van der Waals surface area contributed by atoms with E-state index >= 15 is 0 Å². The minimum Gasteiger partial charge on any atom is -0.444 e. The molecule has 3 aromatic rings. The Kier molecular flexibility index (Phi) is 14.7. The SMILES string of the molecule is Cc1cc(C(=O)NC2CCN(C)CC2)ccc1-c1ccc(C[C@H](NC(=O)C2CCC(CNC(=O)OC(C)(C)C)CC2)C(=O)Nc2ccc(/C(N)=N/NN)cc2)cc1. The monoisotopic (exact) mass is 781 g/mol. The number of piperidine rings is 1. The Hall–Kier alpha value is -5.47. The summed E-state index contributed by atoms with van der Waals surface area (Å²) < 4.78 is 5.36. The van der Waals surface area contributed by atoms with Crippen LogP contribution in [0.3, 0.4) is 0 Å². The van der Waals surface area contributed by atoms with Crippen molar-refractivity contribution in [1.29, 1.82) is 0 Å². The summed E-state index contributed by atoms with van der Waals surface area (Å²) in [6, 6.07) is 19.9. The van der Waals surface area contributed by atoms with E-state index in [0.29, 0.717) is 36.2 Å². The van der Waals surface area contributed by atoms with Crippen LogP contribution in [0.5, 0.6) is 0 Å². The van der Waals surface area contributed by atoms with Crippen molar-refractivity contribution in [2.75, 3.05) is 32.0 Å². The van der Waals surface area contributed by atoms with Crippen LogP contribution in [-0.2, 0) is 20.7 Å². The normalized spacial score (nSPS) is 18.5. The van der Waals surface area contributed by atoms with E-state index < -0.39 is 17.7 Å². The van der Waals surface area contributed by atoms with Crippen molar-refractivity contribution in [2.24, 2.45) is 28.5 Å². The Morgan fingerprint density at radius 1 is 0.895 bits per heavy atom. The Morgan fingerprint density at radius 3 is 2.16 bits per heavy atom. The molecule has 9 N–H and O–H groups in total. The zero-order valence-electron chi connectivity index (χ0n) is 33.8. The second-order valence-corrected chi connectivity index (χ2v) is 16.3. The molecular weight excluding hydrogens is 723 g/mol. The largest absolute Gasteiger partial charge is 0.444 e. The van der Waals surface area contributed by atoms with Gasteiger partial charge in [-0.2, -0.15) is 0 Å². The van der Waals surface area contributed by atoms with Crippen molar-refractivity contribution >= 4 is 35.3 Å². The van der Waals surface area contributed by atoms with Gasteiger partial charge in [0.25, 0.3) is 5.91 Å². The lowest BCUT2D eigenvalue weighted by Gasteiger charge is -2.29. The number of benzene rings is 3. The highest BCUT2D eigenvalue weighted by molar-refractivity contribution is 6.00. The van der Waals surface area contributed by atoms with Crippen molar-refractivity contribution in [3.05, 3.63) is 89.0 Å². The van der Waals surface area contributed by atoms with Gasteiger partial charge in [0.1, 0.15) is 11.6 Å². The van der Waals surface area contributed by atoms with Gasteiger partial charge in [-0.1, -0.05) is 30.3 Å². The number of nitrogens with one attached hydrogen (secondary N) is 5. The molecule has 1 aliphatic carbocycles. The van der Waals surface area contributed by atoms with Gasteiger partial charge >= 0.3 is 6.09 Å². The van der Waals surface area contributed by atoms with Crippen molar-refractivity contribution < 1.29 is 23.9 Å². The van der Waals surface area contributed by atoms with Crippen LogP contribution in [0.4, 0.5) is 10.5 Å². The first-order chi connectivity index (χ1) is 27.2. The lowest BCUT2D eigenvalue weighted by molar-refractivity contribution is -0.130. The number of alkyl carbamates (subject to hydrolysis) is 1. The van der Waals surface area contributed by atoms with Crippen LogP contribution in [0.1, 0.15) is 86.3 Å². The number of amidine groups is 1. The van der Waals surface area contributed by atoms with E-state index in [1.54, 1.807) is 24.3 Å². The number of hydrazone groups is 1. The van der Waals surface area contributed by atoms with E-state index in [0.717, 1.165) is 61.0 Å². The lowest BCUT2D eigenvalue weighted by atomic mass is 9.81. The summed E-state index contributed by atoms with van der Waals surface area (Å²) >= 11 is 0. The molecule has 2 aliphatic rings. The van der Waals surface area contributed by atoms with Crippen LogP contribution in [0.2, 0.25) is 0 Å². The molecule has 4 amide bonds. The van der Waals surface area contributed by atoms with E-state index in [1.165, 1.54) is 0 Å². The van der Waals surface area contributed by atoms with Crippen LogP contribution < -0.4 is 38.4 Å². The van der Waals surface area contributed by atoms with Crippen molar-refractivity contribution in [3.8, 4) is 11.1 Å². The molecule has 1 aliphatic heterocycles. The zero-order valence-corrected chi connectivity index (χ0v) is 33.8. The number of rotatable bonds is 13. The number of carbonyl (C=O) groups is 4. The van der Waals surface area contributed by atoms with E-state index in [2.05, 4.69) is 43.9 Å². The van der Waals surface area contributed by atoms with Crippen molar-refractivity contribution in [3.63, 3.8) is 0 Å². The fourth-order valence-corrected chi connectivity index (χ4v) is 7.36. The Bertz CT molecular complexity index is 1880. The minimum atomic E-state index is -0.855. The highest BCUT2D eigenvalue weighted by atomic mass is 16.6. The molecule has 0 unspecified atom stereocenters. The van der Waals surface area contributed by atoms with Gasteiger partial charge in [0, 0.05) is 41.7 Å². The second kappa shape index (κ2) is 19.6. The summed E-state index contributed by atoms with van der Waals surface area (Å²) in [5, 5.41) is 15.8. The molecule has 2 fully saturated rings. The third-order valence-electron chi connectivity index (χ3n) is 10.7. The fourth-order valence-electron chi connectivity index (χ4n) is 7.36. The van der Waals surface area contributed by atoms with E-state index in [4.69, 9.17) is 16.3 Å². The summed E-state index contributed by atoms with van der Waals surface area (Å²) in [5.41, 5.74) is 13.1. The first kappa shape index (κ1) is 42.7. The maximum absolute atomic E-state index is 13.8. The molecule has 0 bridgehead atoms. The first-order valence-electron chi connectivity index (χ1n) is 19.8. The average Bonchev–Trinajstić information content (AvgIpc) is 3.18. The van der Waals surface area contributed by atoms with Crippen LogP contribution in [0.15, 0.2) is 71.8 Å². The molecule has 57 heavy (non-hydrogen) atoms. The summed E-state index contributed by atoms with van der Waals surface area (Å²) in [4.78, 5) is 55.0. The third kappa shape index (κ3) is 12.8. The summed E-state index contributed by atoms with van der Waals surface area (Å²) in [5.74, 6) is 4.84. The van der Waals surface area contributed by atoms with E-state index in [-0.39, 0.29) is 47.9 Å². The smallest absolute Gasteiger partial charge is 0.407 e. The Balaban J connectivity index is 1.24. The molecule has 1 saturated heterocycles. The lowest BCUT2D eigenvalue weighted by Crippen LogP contribution is -2.48. The average molecular weight is 782 g/mol. The van der Waals surface area contributed by atoms with Gasteiger partial charge < -0.3 is 36.6 Å². The highest BCUT2D eigenvalue weighted by Crippen LogP contribution is 2.29. The number of hydrogen-bond acceptors (Lipinski definition) is 9. The molecule has 0 spiro atoms. The number of ether oxygens (including phenoxy) is 1. The van der Waals surface area contributed by atoms with Crippen LogP contribution in [0.25, 0.3) is 11.1 Å². The minimum absolute atomic E-state index is 0.0537. The molecule has 0 aromatic heterocycles. The number of carbonyl (C=O) groups excluding carboxylic acids is 4. The number of amides is 4. The van der Waals surface area contributed by atoms with Crippen molar-refractivity contribution in [2.45, 2.75) is 90.3 Å². The number of aryl methyl sites for hydroxylation is 1. The van der Waals surface area contributed by atoms with Gasteiger partial charge in [-0.15, -0.1) is 5.10 Å². The molecule has 1 saturated carbocycles. The molecule has 1 heterocycles. The number of nitrogens with two attached hydrogens (primary N) is 2. The molecule has 306 valence electrons. The number of likely N-dealkylation sites (tertiary alicyclic amines) is 1. The second-order valence-electron chi connectivity index (χ2n) is 16.3. The van der Waals surface area contributed by atoms with E-state index in [1.807, 2.05) is 70.2 Å². The predicted molar refractivity (Wildman–Crippen MR) is 223 cm³/mol. The van der Waals surface area contributed by atoms with Gasteiger partial charge in [0.15, 0.2) is 5.84 Å². The fraction of sp³-hybridized carbons (Fsp3) is 0.465. The summed E-state index contributed by atoms with van der Waals surface area (Å²) in [7, 11) is 2.10. The quantitative estimate of drug-likeness (QED) is 0.0561. The van der Waals surface area contributed by atoms with Gasteiger partial charge in [-0.25, -0.2) is 16.2 Å². The number of hydrogen-bond donors (Lipinski definition) is 7. The maximum Gasteiger partial charge on any atom is 0.407 e. The van der Waals surface area contributed by atoms with Gasteiger partial charge in [0.05, 0.1) is 0 Å². The Labute approximate surface area is 335 Å². The van der Waals surface area contributed by atoms with Crippen LogP contribution in [-0.4, -0.2) is 78.9 Å². The first-order valence-corrected chi connectivity index (χ1v) is 19.8. The van der Waals surface area contributed by atoms with Gasteiger partial charge in [0.2, 0.25) is 11.8 Å². The molecular formula is C43H59N9O5. The highest BCUT2D eigenvalue weighted by Gasteiger charge is 2.30. The molecule has 14 nitrogen and oxygen atoms in total. The molecule has 0 radical (unpaired) electrons. The van der Waals surface area contributed by atoms with Gasteiger partial charge in [-0.3, -0.25) is 14.4 Å². The molecule has 5 rings (SSSR count). The predicted octanol–water partition coefficient (Wildman–Crippen LogP) is 4.57. The maximum atomic E-state index is 13.8. The van der Waals surface area contributed by atoms with Crippen molar-refractivity contribution in [1.82, 2.24) is 26.4 Å². The third-order valence-corrected chi connectivity index (χ3v) is 10.7.